The first-order valence-electron chi connectivity index (χ1n) is 7.21. The van der Waals surface area contributed by atoms with Crippen molar-refractivity contribution < 1.29 is 4.79 Å². The summed E-state index contributed by atoms with van der Waals surface area (Å²) in [7, 11) is 1.82. The molecule has 0 aromatic carbocycles. The third kappa shape index (κ3) is 3.14. The molecule has 3 heterocycles. The zero-order valence-corrected chi connectivity index (χ0v) is 14.0. The summed E-state index contributed by atoms with van der Waals surface area (Å²) in [5.74, 6) is 0.522. The Kier molecular flexibility index (Phi) is 4.20. The summed E-state index contributed by atoms with van der Waals surface area (Å²) in [6.07, 6.45) is 4.60. The molecule has 1 amide bonds. The predicted molar refractivity (Wildman–Crippen MR) is 88.7 cm³/mol. The van der Waals surface area contributed by atoms with E-state index in [-0.39, 0.29) is 11.9 Å². The number of rotatable bonds is 4. The normalized spacial score (nSPS) is 12.1. The lowest BCUT2D eigenvalue weighted by Gasteiger charge is -2.24. The Bertz CT molecular complexity index is 812. The van der Waals surface area contributed by atoms with Crippen LogP contribution in [0, 0.1) is 6.92 Å². The molecule has 118 valence electrons. The van der Waals surface area contributed by atoms with Crippen LogP contribution in [0.1, 0.15) is 33.1 Å². The van der Waals surface area contributed by atoms with Crippen molar-refractivity contribution in [3.05, 3.63) is 58.4 Å². The van der Waals surface area contributed by atoms with E-state index < -0.39 is 0 Å². The maximum atomic E-state index is 12.7. The largest absolute Gasteiger partial charge is 0.334 e. The molecule has 0 bridgehead atoms. The summed E-state index contributed by atoms with van der Waals surface area (Å²) in [5.41, 5.74) is 0.577. The van der Waals surface area contributed by atoms with Crippen LogP contribution in [0.25, 0.3) is 5.82 Å². The molecular weight excluding hydrogens is 310 g/mol. The molecule has 1 atom stereocenters. The zero-order valence-electron chi connectivity index (χ0n) is 13.2. The Hall–Kier alpha value is -2.54. The van der Waals surface area contributed by atoms with Crippen LogP contribution in [0.5, 0.6) is 0 Å². The molecule has 0 N–H and O–H groups in total. The number of carbonyl (C=O) groups is 1. The van der Waals surface area contributed by atoms with Crippen molar-refractivity contribution in [2.75, 3.05) is 7.05 Å². The first kappa shape index (κ1) is 15.4. The molecule has 0 saturated carbocycles. The number of amides is 1. The van der Waals surface area contributed by atoms with Crippen LogP contribution in [0.2, 0.25) is 0 Å². The number of pyridine rings is 1. The molecule has 0 fully saturated rings. The average Bonchev–Trinajstić information content (AvgIpc) is 3.24. The van der Waals surface area contributed by atoms with Gasteiger partial charge in [-0.05, 0) is 38.1 Å². The molecule has 3 aromatic rings. The summed E-state index contributed by atoms with van der Waals surface area (Å²) in [6.45, 7) is 4.10. The van der Waals surface area contributed by atoms with Crippen LogP contribution >= 0.6 is 11.3 Å². The third-order valence-corrected chi connectivity index (χ3v) is 4.89. The van der Waals surface area contributed by atoms with E-state index in [0.29, 0.717) is 11.4 Å². The zero-order chi connectivity index (χ0) is 16.4. The van der Waals surface area contributed by atoms with Crippen LogP contribution in [-0.2, 0) is 0 Å². The van der Waals surface area contributed by atoms with Gasteiger partial charge in [0.2, 0.25) is 0 Å². The molecule has 1 unspecified atom stereocenters. The van der Waals surface area contributed by atoms with Gasteiger partial charge in [0, 0.05) is 28.6 Å². The maximum absolute atomic E-state index is 12.7. The van der Waals surface area contributed by atoms with Crippen molar-refractivity contribution in [2.24, 2.45) is 0 Å². The maximum Gasteiger partial charge on any atom is 0.254 e. The SMILES string of the molecule is Cc1ccc(C(C)N(C)C(=O)c2ccnc(-n3cncn3)c2)s1. The fraction of sp³-hybridized carbons (Fsp3) is 0.250. The average molecular weight is 327 g/mol. The second kappa shape index (κ2) is 6.29. The molecule has 3 rings (SSSR count). The first-order valence-corrected chi connectivity index (χ1v) is 8.02. The van der Waals surface area contributed by atoms with Gasteiger partial charge >= 0.3 is 0 Å². The summed E-state index contributed by atoms with van der Waals surface area (Å²) in [4.78, 5) is 25.0. The topological polar surface area (TPSA) is 63.9 Å². The predicted octanol–water partition coefficient (Wildman–Crippen LogP) is 2.87. The van der Waals surface area contributed by atoms with Crippen LogP contribution in [0.3, 0.4) is 0 Å². The molecule has 0 aliphatic rings. The van der Waals surface area contributed by atoms with Crippen molar-refractivity contribution in [3.63, 3.8) is 0 Å². The molecule has 3 aromatic heterocycles. The van der Waals surface area contributed by atoms with E-state index in [9.17, 15) is 4.79 Å². The summed E-state index contributed by atoms with van der Waals surface area (Å²) >= 11 is 1.71. The molecule has 0 radical (unpaired) electrons. The fourth-order valence-corrected chi connectivity index (χ4v) is 3.22. The lowest BCUT2D eigenvalue weighted by atomic mass is 10.2. The minimum absolute atomic E-state index is 0.0178. The quantitative estimate of drug-likeness (QED) is 0.739. The van der Waals surface area contributed by atoms with Crippen molar-refractivity contribution in [3.8, 4) is 5.82 Å². The van der Waals surface area contributed by atoms with Gasteiger partial charge in [-0.1, -0.05) is 0 Å². The molecule has 23 heavy (non-hydrogen) atoms. The van der Waals surface area contributed by atoms with Crippen molar-refractivity contribution in [1.82, 2.24) is 24.6 Å². The van der Waals surface area contributed by atoms with Crippen molar-refractivity contribution in [2.45, 2.75) is 19.9 Å². The minimum atomic E-state index is -0.0488. The van der Waals surface area contributed by atoms with E-state index in [1.807, 2.05) is 14.0 Å². The second-order valence-corrected chi connectivity index (χ2v) is 6.60. The van der Waals surface area contributed by atoms with Gasteiger partial charge in [0.25, 0.3) is 5.91 Å². The smallest absolute Gasteiger partial charge is 0.254 e. The third-order valence-electron chi connectivity index (χ3n) is 3.72. The van der Waals surface area contributed by atoms with E-state index in [4.69, 9.17) is 0 Å². The molecule has 0 aliphatic heterocycles. The number of hydrogen-bond donors (Lipinski definition) is 0. The number of aryl methyl sites for hydroxylation is 1. The van der Waals surface area contributed by atoms with Crippen LogP contribution in [0.15, 0.2) is 43.1 Å². The Morgan fingerprint density at radius 3 is 2.83 bits per heavy atom. The Balaban J connectivity index is 1.83. The lowest BCUT2D eigenvalue weighted by molar-refractivity contribution is 0.0745. The fourth-order valence-electron chi connectivity index (χ4n) is 2.25. The number of carbonyl (C=O) groups excluding carboxylic acids is 1. The summed E-state index contributed by atoms with van der Waals surface area (Å²) < 4.78 is 1.53. The van der Waals surface area contributed by atoms with E-state index in [0.717, 1.165) is 0 Å². The Labute approximate surface area is 138 Å². The number of aromatic nitrogens is 4. The highest BCUT2D eigenvalue weighted by molar-refractivity contribution is 7.12. The van der Waals surface area contributed by atoms with E-state index in [1.165, 1.54) is 20.8 Å². The van der Waals surface area contributed by atoms with E-state index in [2.05, 4.69) is 34.1 Å². The Morgan fingerprint density at radius 2 is 2.17 bits per heavy atom. The van der Waals surface area contributed by atoms with Gasteiger partial charge in [-0.3, -0.25) is 4.79 Å². The van der Waals surface area contributed by atoms with Gasteiger partial charge in [0.1, 0.15) is 12.7 Å². The van der Waals surface area contributed by atoms with Crippen LogP contribution < -0.4 is 0 Å². The van der Waals surface area contributed by atoms with Crippen molar-refractivity contribution in [1.29, 1.82) is 0 Å². The van der Waals surface area contributed by atoms with Crippen LogP contribution in [0.4, 0.5) is 0 Å². The summed E-state index contributed by atoms with van der Waals surface area (Å²) in [5, 5.41) is 4.04. The standard InChI is InChI=1S/C16H17N5OS/c1-11-4-5-14(23-11)12(2)20(3)16(22)13-6-7-18-15(8-13)21-10-17-9-19-21/h4-10,12H,1-3H3. The molecule has 0 saturated heterocycles. The van der Waals surface area contributed by atoms with Crippen LogP contribution in [-0.4, -0.2) is 37.6 Å². The van der Waals surface area contributed by atoms with Gasteiger partial charge in [-0.25, -0.2) is 14.6 Å². The highest BCUT2D eigenvalue weighted by atomic mass is 32.1. The van der Waals surface area contributed by atoms with E-state index in [1.54, 1.807) is 40.9 Å². The first-order chi connectivity index (χ1) is 11.1. The summed E-state index contributed by atoms with van der Waals surface area (Å²) in [6, 6.07) is 7.60. The van der Waals surface area contributed by atoms with Gasteiger partial charge in [-0.15, -0.1) is 11.3 Å². The Morgan fingerprint density at radius 1 is 1.35 bits per heavy atom. The second-order valence-electron chi connectivity index (χ2n) is 5.28. The van der Waals surface area contributed by atoms with Gasteiger partial charge in [-0.2, -0.15) is 5.10 Å². The molecule has 0 spiro atoms. The van der Waals surface area contributed by atoms with Crippen molar-refractivity contribution >= 4 is 17.2 Å². The molecule has 6 nitrogen and oxygen atoms in total. The minimum Gasteiger partial charge on any atom is -0.334 e. The molecule has 0 aliphatic carbocycles. The van der Waals surface area contributed by atoms with Gasteiger partial charge < -0.3 is 4.90 Å². The number of thiophene rings is 1. The lowest BCUT2D eigenvalue weighted by Crippen LogP contribution is -2.29. The molecular formula is C16H17N5OS. The van der Waals surface area contributed by atoms with Gasteiger partial charge in [0.05, 0.1) is 6.04 Å². The monoisotopic (exact) mass is 327 g/mol. The number of hydrogen-bond acceptors (Lipinski definition) is 5. The highest BCUT2D eigenvalue weighted by Crippen LogP contribution is 2.27. The number of nitrogens with zero attached hydrogens (tertiary/aromatic N) is 5. The van der Waals surface area contributed by atoms with E-state index >= 15 is 0 Å². The highest BCUT2D eigenvalue weighted by Gasteiger charge is 2.20. The van der Waals surface area contributed by atoms with Gasteiger partial charge in [0.15, 0.2) is 5.82 Å². The molecule has 7 heteroatoms.